The Morgan fingerprint density at radius 1 is 1.73 bits per heavy atom. The first-order valence-electron chi connectivity index (χ1n) is 3.63. The second-order valence-corrected chi connectivity index (χ2v) is 2.53. The van der Waals surface area contributed by atoms with E-state index in [9.17, 15) is 4.79 Å². The van der Waals surface area contributed by atoms with Crippen LogP contribution in [0.25, 0.3) is 0 Å². The maximum absolute atomic E-state index is 10.9. The summed E-state index contributed by atoms with van der Waals surface area (Å²) in [6.45, 7) is 3.84. The molecule has 0 fully saturated rings. The molecule has 1 heterocycles. The number of aryl methyl sites for hydroxylation is 2. The van der Waals surface area contributed by atoms with Crippen molar-refractivity contribution < 1.29 is 4.79 Å². The van der Waals surface area contributed by atoms with E-state index in [0.717, 1.165) is 17.7 Å². The Morgan fingerprint density at radius 2 is 2.36 bits per heavy atom. The van der Waals surface area contributed by atoms with Crippen molar-refractivity contribution >= 4 is 5.91 Å². The fourth-order valence-electron chi connectivity index (χ4n) is 1.20. The number of amides is 1. The van der Waals surface area contributed by atoms with Crippen LogP contribution >= 0.6 is 0 Å². The van der Waals surface area contributed by atoms with Gasteiger partial charge in [0, 0.05) is 11.9 Å². The van der Waals surface area contributed by atoms with Gasteiger partial charge in [-0.1, -0.05) is 6.92 Å². The number of carbonyl (C=O) groups excluding carboxylic acids is 1. The predicted molar refractivity (Wildman–Crippen MR) is 43.4 cm³/mol. The van der Waals surface area contributed by atoms with Crippen LogP contribution in [0.15, 0.2) is 6.20 Å². The molecule has 0 aliphatic heterocycles. The summed E-state index contributed by atoms with van der Waals surface area (Å²) >= 11 is 0. The van der Waals surface area contributed by atoms with Gasteiger partial charge in [0.15, 0.2) is 0 Å². The highest BCUT2D eigenvalue weighted by atomic mass is 16.1. The van der Waals surface area contributed by atoms with Crippen LogP contribution in [-0.2, 0) is 6.42 Å². The first-order valence-corrected chi connectivity index (χ1v) is 3.63. The molecule has 0 aromatic carbocycles. The molecule has 0 unspecified atom stereocenters. The van der Waals surface area contributed by atoms with Gasteiger partial charge in [-0.3, -0.25) is 4.79 Å². The van der Waals surface area contributed by atoms with Gasteiger partial charge in [-0.2, -0.15) is 0 Å². The Balaban J connectivity index is 3.17. The third-order valence-corrected chi connectivity index (χ3v) is 1.79. The molecule has 0 spiro atoms. The lowest BCUT2D eigenvalue weighted by molar-refractivity contribution is 0.0999. The Morgan fingerprint density at radius 3 is 2.73 bits per heavy atom. The second-order valence-electron chi connectivity index (χ2n) is 2.53. The van der Waals surface area contributed by atoms with E-state index in [0.29, 0.717) is 5.56 Å². The fourth-order valence-corrected chi connectivity index (χ4v) is 1.20. The van der Waals surface area contributed by atoms with Gasteiger partial charge in [-0.05, 0) is 18.9 Å². The lowest BCUT2D eigenvalue weighted by Gasteiger charge is -1.96. The average Bonchev–Trinajstić information content (AvgIpc) is 2.30. The van der Waals surface area contributed by atoms with Crippen molar-refractivity contribution in [3.05, 3.63) is 23.0 Å². The van der Waals surface area contributed by atoms with Gasteiger partial charge in [0.25, 0.3) is 5.91 Å². The number of rotatable bonds is 2. The minimum absolute atomic E-state index is 0.347. The molecule has 0 bridgehead atoms. The van der Waals surface area contributed by atoms with Crippen LogP contribution in [0.3, 0.4) is 0 Å². The van der Waals surface area contributed by atoms with Crippen LogP contribution in [-0.4, -0.2) is 10.9 Å². The van der Waals surface area contributed by atoms with E-state index in [1.54, 1.807) is 0 Å². The lowest BCUT2D eigenvalue weighted by atomic mass is 10.1. The molecule has 1 aromatic heterocycles. The van der Waals surface area contributed by atoms with E-state index in [-0.39, 0.29) is 5.91 Å². The van der Waals surface area contributed by atoms with Crippen molar-refractivity contribution in [2.75, 3.05) is 0 Å². The molecular formula is C8H12N2O. The van der Waals surface area contributed by atoms with E-state index in [2.05, 4.69) is 4.98 Å². The number of carbonyl (C=O) groups is 1. The Hall–Kier alpha value is -1.25. The minimum Gasteiger partial charge on any atom is -0.366 e. The van der Waals surface area contributed by atoms with E-state index in [1.807, 2.05) is 20.0 Å². The van der Waals surface area contributed by atoms with Gasteiger partial charge in [0.05, 0.1) is 5.56 Å². The molecule has 3 N–H and O–H groups in total. The van der Waals surface area contributed by atoms with Crippen LogP contribution in [0.1, 0.15) is 28.5 Å². The summed E-state index contributed by atoms with van der Waals surface area (Å²) in [5, 5.41) is 0. The highest BCUT2D eigenvalue weighted by Crippen LogP contribution is 2.12. The summed E-state index contributed by atoms with van der Waals surface area (Å²) in [6, 6.07) is 0. The average molecular weight is 152 g/mol. The smallest absolute Gasteiger partial charge is 0.250 e. The van der Waals surface area contributed by atoms with E-state index in [4.69, 9.17) is 5.73 Å². The molecule has 0 atom stereocenters. The number of aromatic amines is 1. The Bertz CT molecular complexity index is 276. The molecule has 1 rings (SSSR count). The highest BCUT2D eigenvalue weighted by molar-refractivity contribution is 5.95. The highest BCUT2D eigenvalue weighted by Gasteiger charge is 2.10. The number of hydrogen-bond donors (Lipinski definition) is 2. The second kappa shape index (κ2) is 2.78. The van der Waals surface area contributed by atoms with Crippen molar-refractivity contribution in [2.24, 2.45) is 5.73 Å². The zero-order valence-corrected chi connectivity index (χ0v) is 6.77. The minimum atomic E-state index is -0.347. The molecule has 1 aromatic rings. The molecule has 0 saturated carbocycles. The molecule has 3 nitrogen and oxygen atoms in total. The van der Waals surface area contributed by atoms with Gasteiger partial charge in [0.1, 0.15) is 0 Å². The van der Waals surface area contributed by atoms with Gasteiger partial charge in [0.2, 0.25) is 0 Å². The molecule has 0 saturated heterocycles. The van der Waals surface area contributed by atoms with Crippen LogP contribution in [0, 0.1) is 6.92 Å². The quantitative estimate of drug-likeness (QED) is 0.652. The number of aromatic nitrogens is 1. The summed E-state index contributed by atoms with van der Waals surface area (Å²) in [5.41, 5.74) is 7.67. The molecule has 0 aliphatic rings. The van der Waals surface area contributed by atoms with Gasteiger partial charge >= 0.3 is 0 Å². The third kappa shape index (κ3) is 1.27. The number of primary amides is 1. The molecule has 1 amide bonds. The standard InChI is InChI=1S/C8H12N2O/c1-3-6-4-10-5(2)7(6)8(9)11/h4,10H,3H2,1-2H3,(H2,9,11). The van der Waals surface area contributed by atoms with Crippen molar-refractivity contribution in [3.63, 3.8) is 0 Å². The summed E-state index contributed by atoms with van der Waals surface area (Å²) in [5.74, 6) is -0.347. The topological polar surface area (TPSA) is 58.9 Å². The zero-order valence-electron chi connectivity index (χ0n) is 6.77. The molecule has 0 radical (unpaired) electrons. The summed E-state index contributed by atoms with van der Waals surface area (Å²) in [7, 11) is 0. The molecule has 0 aliphatic carbocycles. The molecule has 11 heavy (non-hydrogen) atoms. The van der Waals surface area contributed by atoms with E-state index < -0.39 is 0 Å². The number of nitrogens with two attached hydrogens (primary N) is 1. The van der Waals surface area contributed by atoms with Crippen molar-refractivity contribution in [1.82, 2.24) is 4.98 Å². The molecule has 3 heteroatoms. The van der Waals surface area contributed by atoms with Gasteiger partial charge < -0.3 is 10.7 Å². The number of hydrogen-bond acceptors (Lipinski definition) is 1. The van der Waals surface area contributed by atoms with E-state index >= 15 is 0 Å². The monoisotopic (exact) mass is 152 g/mol. The molecular weight excluding hydrogens is 140 g/mol. The normalized spacial score (nSPS) is 10.0. The number of nitrogens with one attached hydrogen (secondary N) is 1. The predicted octanol–water partition coefficient (Wildman–Crippen LogP) is 0.984. The first kappa shape index (κ1) is 7.85. The zero-order chi connectivity index (χ0) is 8.43. The summed E-state index contributed by atoms with van der Waals surface area (Å²) in [6.07, 6.45) is 2.66. The number of H-pyrrole nitrogens is 1. The Labute approximate surface area is 65.6 Å². The summed E-state index contributed by atoms with van der Waals surface area (Å²) in [4.78, 5) is 13.8. The third-order valence-electron chi connectivity index (χ3n) is 1.79. The van der Waals surface area contributed by atoms with Crippen LogP contribution in [0.2, 0.25) is 0 Å². The van der Waals surface area contributed by atoms with Crippen molar-refractivity contribution in [3.8, 4) is 0 Å². The molecule has 60 valence electrons. The summed E-state index contributed by atoms with van der Waals surface area (Å²) < 4.78 is 0. The lowest BCUT2D eigenvalue weighted by Crippen LogP contribution is -2.13. The SMILES string of the molecule is CCc1c[nH]c(C)c1C(N)=O. The fraction of sp³-hybridized carbons (Fsp3) is 0.375. The van der Waals surface area contributed by atoms with Gasteiger partial charge in [-0.25, -0.2) is 0 Å². The van der Waals surface area contributed by atoms with Crippen LogP contribution < -0.4 is 5.73 Å². The van der Waals surface area contributed by atoms with Crippen molar-refractivity contribution in [2.45, 2.75) is 20.3 Å². The van der Waals surface area contributed by atoms with Crippen LogP contribution in [0.5, 0.6) is 0 Å². The maximum atomic E-state index is 10.9. The maximum Gasteiger partial charge on any atom is 0.250 e. The first-order chi connectivity index (χ1) is 5.16. The van der Waals surface area contributed by atoms with Crippen LogP contribution in [0.4, 0.5) is 0 Å². The Kier molecular flexibility index (Phi) is 1.98. The van der Waals surface area contributed by atoms with E-state index in [1.165, 1.54) is 0 Å². The van der Waals surface area contributed by atoms with Gasteiger partial charge in [-0.15, -0.1) is 0 Å². The van der Waals surface area contributed by atoms with Crippen molar-refractivity contribution in [1.29, 1.82) is 0 Å². The largest absolute Gasteiger partial charge is 0.366 e.